The Labute approximate surface area is 181 Å². The number of hydrazone groups is 1. The fraction of sp³-hybridized carbons (Fsp3) is 0.476. The lowest BCUT2D eigenvalue weighted by atomic mass is 9.90. The zero-order valence-corrected chi connectivity index (χ0v) is 17.6. The first-order valence-corrected chi connectivity index (χ1v) is 11.0. The van der Waals surface area contributed by atoms with Crippen LogP contribution in [0, 0.1) is 17.8 Å². The molecule has 1 saturated heterocycles. The standard InChI is InChI=1S/C21H27ClN8/c22-17-12-24-21(25-13-17)29-9-6-15(7-10-29)20-11-16(20)5-8-23-18-1-3-19(4-2-18)30-14-26-27-28-30/h1-4,12-16,20,23,27-28H,5-11H2/t16-,20-/m1/s1. The van der Waals surface area contributed by atoms with Crippen molar-refractivity contribution in [2.45, 2.75) is 25.7 Å². The van der Waals surface area contributed by atoms with Crippen molar-refractivity contribution in [2.24, 2.45) is 22.9 Å². The summed E-state index contributed by atoms with van der Waals surface area (Å²) in [4.78, 5) is 11.0. The number of anilines is 3. The lowest BCUT2D eigenvalue weighted by molar-refractivity contribution is 0.343. The molecule has 1 aromatic heterocycles. The van der Waals surface area contributed by atoms with E-state index in [1.165, 1.54) is 25.7 Å². The minimum absolute atomic E-state index is 0.592. The monoisotopic (exact) mass is 426 g/mol. The van der Waals surface area contributed by atoms with Gasteiger partial charge < -0.3 is 10.2 Å². The van der Waals surface area contributed by atoms with Gasteiger partial charge in [0, 0.05) is 25.3 Å². The number of nitrogens with one attached hydrogen (secondary N) is 3. The van der Waals surface area contributed by atoms with Crippen LogP contribution >= 0.6 is 11.6 Å². The number of benzene rings is 1. The third-order valence-corrected chi connectivity index (χ3v) is 6.61. The third kappa shape index (κ3) is 4.44. The molecule has 0 spiro atoms. The van der Waals surface area contributed by atoms with Crippen molar-refractivity contribution in [1.82, 2.24) is 21.0 Å². The maximum atomic E-state index is 5.89. The number of aromatic nitrogens is 2. The highest BCUT2D eigenvalue weighted by Gasteiger charge is 2.43. The van der Waals surface area contributed by atoms with E-state index in [2.05, 4.69) is 60.6 Å². The van der Waals surface area contributed by atoms with Crippen LogP contribution in [0.4, 0.5) is 17.3 Å². The van der Waals surface area contributed by atoms with Gasteiger partial charge in [-0.25, -0.2) is 20.5 Å². The molecule has 0 radical (unpaired) electrons. The second-order valence-electron chi connectivity index (χ2n) is 8.29. The molecule has 3 heterocycles. The van der Waals surface area contributed by atoms with Gasteiger partial charge in [-0.3, -0.25) is 0 Å². The van der Waals surface area contributed by atoms with E-state index in [4.69, 9.17) is 11.6 Å². The van der Waals surface area contributed by atoms with E-state index in [1.54, 1.807) is 18.7 Å². The van der Waals surface area contributed by atoms with Gasteiger partial charge in [-0.1, -0.05) is 11.6 Å². The first-order chi connectivity index (χ1) is 14.8. The van der Waals surface area contributed by atoms with Crippen LogP contribution in [0.25, 0.3) is 0 Å². The van der Waals surface area contributed by atoms with E-state index < -0.39 is 0 Å². The Hall–Kier alpha value is -2.58. The van der Waals surface area contributed by atoms with E-state index in [0.29, 0.717) is 5.02 Å². The predicted molar refractivity (Wildman–Crippen MR) is 120 cm³/mol. The highest BCUT2D eigenvalue weighted by molar-refractivity contribution is 6.30. The summed E-state index contributed by atoms with van der Waals surface area (Å²) in [5, 5.41) is 9.91. The van der Waals surface area contributed by atoms with Crippen molar-refractivity contribution >= 4 is 35.3 Å². The quantitative estimate of drug-likeness (QED) is 0.627. The third-order valence-electron chi connectivity index (χ3n) is 6.41. The van der Waals surface area contributed by atoms with Crippen molar-refractivity contribution < 1.29 is 0 Å². The number of piperidine rings is 1. The molecule has 2 fully saturated rings. The summed E-state index contributed by atoms with van der Waals surface area (Å²) in [5.41, 5.74) is 7.84. The SMILES string of the molecule is Clc1cnc(N2CCC([C@H]3C[C@H]3CCNc3ccc(N4C=NNN4)cc3)CC2)nc1. The molecule has 1 aromatic carbocycles. The van der Waals surface area contributed by atoms with Gasteiger partial charge in [-0.05, 0) is 67.7 Å². The molecule has 1 saturated carbocycles. The van der Waals surface area contributed by atoms with Gasteiger partial charge in [0.25, 0.3) is 0 Å². The van der Waals surface area contributed by atoms with Crippen molar-refractivity contribution in [3.05, 3.63) is 41.7 Å². The molecule has 3 N–H and O–H groups in total. The highest BCUT2D eigenvalue weighted by atomic mass is 35.5. The lowest BCUT2D eigenvalue weighted by Crippen LogP contribution is -2.37. The minimum Gasteiger partial charge on any atom is -0.385 e. The molecular weight excluding hydrogens is 400 g/mol. The molecule has 2 aromatic rings. The number of halogens is 1. The van der Waals surface area contributed by atoms with Crippen molar-refractivity contribution in [1.29, 1.82) is 0 Å². The second-order valence-corrected chi connectivity index (χ2v) is 8.72. The Kier molecular flexibility index (Phi) is 5.59. The number of rotatable bonds is 7. The van der Waals surface area contributed by atoms with Crippen LogP contribution in [0.1, 0.15) is 25.7 Å². The van der Waals surface area contributed by atoms with Gasteiger partial charge in [0.05, 0.1) is 23.1 Å². The molecule has 3 aliphatic rings. The maximum Gasteiger partial charge on any atom is 0.225 e. The first kappa shape index (κ1) is 19.4. The van der Waals surface area contributed by atoms with E-state index in [-0.39, 0.29) is 0 Å². The average molecular weight is 427 g/mol. The molecule has 8 nitrogen and oxygen atoms in total. The van der Waals surface area contributed by atoms with Gasteiger partial charge in [-0.15, -0.1) is 5.53 Å². The van der Waals surface area contributed by atoms with Crippen LogP contribution in [0.5, 0.6) is 0 Å². The fourth-order valence-electron chi connectivity index (χ4n) is 4.65. The molecule has 1 aliphatic carbocycles. The molecule has 5 rings (SSSR count). The Balaban J connectivity index is 1.02. The summed E-state index contributed by atoms with van der Waals surface area (Å²) in [6.45, 7) is 3.13. The smallest absolute Gasteiger partial charge is 0.225 e. The summed E-state index contributed by atoms with van der Waals surface area (Å²) in [7, 11) is 0. The molecule has 0 amide bonds. The van der Waals surface area contributed by atoms with Crippen molar-refractivity contribution in [3.8, 4) is 0 Å². The summed E-state index contributed by atoms with van der Waals surface area (Å²) in [5.74, 6) is 3.43. The average Bonchev–Trinajstić information content (AvgIpc) is 3.34. The largest absolute Gasteiger partial charge is 0.385 e. The summed E-state index contributed by atoms with van der Waals surface area (Å²) < 4.78 is 0. The molecular formula is C21H27ClN8. The zero-order valence-electron chi connectivity index (χ0n) is 16.8. The van der Waals surface area contributed by atoms with E-state index in [1.807, 2.05) is 5.01 Å². The van der Waals surface area contributed by atoms with Crippen molar-refractivity contribution in [3.63, 3.8) is 0 Å². The molecule has 0 unspecified atom stereocenters. The zero-order chi connectivity index (χ0) is 20.3. The fourth-order valence-corrected chi connectivity index (χ4v) is 4.75. The number of hydrogen-bond donors (Lipinski definition) is 3. The van der Waals surface area contributed by atoms with Crippen LogP contribution in [0.2, 0.25) is 5.02 Å². The van der Waals surface area contributed by atoms with Crippen LogP contribution in [0.15, 0.2) is 41.8 Å². The van der Waals surface area contributed by atoms with Crippen LogP contribution in [-0.4, -0.2) is 35.9 Å². The second kappa shape index (κ2) is 8.65. The first-order valence-electron chi connectivity index (χ1n) is 10.7. The molecule has 158 valence electrons. The van der Waals surface area contributed by atoms with Gasteiger partial charge in [0.1, 0.15) is 6.34 Å². The lowest BCUT2D eigenvalue weighted by Gasteiger charge is -2.32. The maximum absolute atomic E-state index is 5.89. The van der Waals surface area contributed by atoms with E-state index in [0.717, 1.165) is 54.7 Å². The van der Waals surface area contributed by atoms with Gasteiger partial charge in [-0.2, -0.15) is 5.10 Å². The van der Waals surface area contributed by atoms with Gasteiger partial charge >= 0.3 is 0 Å². The number of hydrazine groups is 2. The summed E-state index contributed by atoms with van der Waals surface area (Å²) in [6.07, 6.45) is 10.2. The van der Waals surface area contributed by atoms with Gasteiger partial charge in [0.15, 0.2) is 0 Å². The van der Waals surface area contributed by atoms with Gasteiger partial charge in [0.2, 0.25) is 5.95 Å². The van der Waals surface area contributed by atoms with Crippen molar-refractivity contribution in [2.75, 3.05) is 34.9 Å². The normalized spacial score (nSPS) is 23.5. The number of hydrogen-bond acceptors (Lipinski definition) is 8. The Bertz CT molecular complexity index is 864. The molecule has 0 bridgehead atoms. The van der Waals surface area contributed by atoms with Crippen LogP contribution < -0.4 is 26.3 Å². The molecule has 2 atom stereocenters. The van der Waals surface area contributed by atoms with Crippen LogP contribution in [0.3, 0.4) is 0 Å². The number of nitrogens with zero attached hydrogens (tertiary/aromatic N) is 5. The Morgan fingerprint density at radius 1 is 1.10 bits per heavy atom. The minimum atomic E-state index is 0.592. The topological polar surface area (TPSA) is 80.7 Å². The Morgan fingerprint density at radius 2 is 1.87 bits per heavy atom. The molecule has 9 heteroatoms. The molecule has 2 aliphatic heterocycles. The molecule has 30 heavy (non-hydrogen) atoms. The summed E-state index contributed by atoms with van der Waals surface area (Å²) in [6, 6.07) is 8.38. The summed E-state index contributed by atoms with van der Waals surface area (Å²) >= 11 is 5.89. The predicted octanol–water partition coefficient (Wildman–Crippen LogP) is 3.26. The van der Waals surface area contributed by atoms with E-state index >= 15 is 0 Å². The van der Waals surface area contributed by atoms with Crippen LogP contribution in [-0.2, 0) is 0 Å². The van der Waals surface area contributed by atoms with E-state index in [9.17, 15) is 0 Å². The Morgan fingerprint density at radius 3 is 2.57 bits per heavy atom. The highest BCUT2D eigenvalue weighted by Crippen LogP contribution is 2.49.